The Bertz CT molecular complexity index is 996. The molecule has 0 spiro atoms. The summed E-state index contributed by atoms with van der Waals surface area (Å²) in [7, 11) is 0. The van der Waals surface area contributed by atoms with Gasteiger partial charge in [-0.25, -0.2) is 23.7 Å². The van der Waals surface area contributed by atoms with Gasteiger partial charge in [0.25, 0.3) is 0 Å². The Labute approximate surface area is 129 Å². The standard InChI is InChI=1S/C17H10F2N4/c18-11-6-12-13(8-20-15(12)14(19)7-11)17-22-9-21-16(23-17)10-4-2-1-3-5-10/h1-9,20H. The van der Waals surface area contributed by atoms with Crippen LogP contribution in [-0.2, 0) is 0 Å². The monoisotopic (exact) mass is 308 g/mol. The number of aromatic amines is 1. The summed E-state index contributed by atoms with van der Waals surface area (Å²) in [6.07, 6.45) is 2.95. The molecule has 0 radical (unpaired) electrons. The largest absolute Gasteiger partial charge is 0.358 e. The third-order valence-electron chi connectivity index (χ3n) is 3.55. The van der Waals surface area contributed by atoms with E-state index in [4.69, 9.17) is 0 Å². The number of benzene rings is 2. The van der Waals surface area contributed by atoms with E-state index in [1.165, 1.54) is 12.4 Å². The van der Waals surface area contributed by atoms with E-state index < -0.39 is 11.6 Å². The number of halogens is 2. The summed E-state index contributed by atoms with van der Waals surface area (Å²) in [5.41, 5.74) is 1.59. The fourth-order valence-corrected chi connectivity index (χ4v) is 2.49. The van der Waals surface area contributed by atoms with Crippen LogP contribution < -0.4 is 0 Å². The summed E-state index contributed by atoms with van der Waals surface area (Å²) in [5.74, 6) is -0.436. The molecule has 1 N–H and O–H groups in total. The molecule has 0 saturated carbocycles. The molecule has 0 atom stereocenters. The van der Waals surface area contributed by atoms with Gasteiger partial charge in [0.15, 0.2) is 11.6 Å². The van der Waals surface area contributed by atoms with Crippen LogP contribution in [-0.4, -0.2) is 19.9 Å². The number of hydrogen-bond acceptors (Lipinski definition) is 3. The molecular weight excluding hydrogens is 298 g/mol. The van der Waals surface area contributed by atoms with Gasteiger partial charge in [-0.3, -0.25) is 0 Å². The molecule has 0 fully saturated rings. The van der Waals surface area contributed by atoms with Crippen molar-refractivity contribution < 1.29 is 8.78 Å². The Balaban J connectivity index is 1.89. The summed E-state index contributed by atoms with van der Waals surface area (Å²) in [6.45, 7) is 0. The number of nitrogens with one attached hydrogen (secondary N) is 1. The zero-order valence-electron chi connectivity index (χ0n) is 11.8. The Morgan fingerprint density at radius 1 is 0.913 bits per heavy atom. The molecule has 0 amide bonds. The number of aromatic nitrogens is 4. The van der Waals surface area contributed by atoms with Crippen molar-refractivity contribution in [3.63, 3.8) is 0 Å². The first-order valence-corrected chi connectivity index (χ1v) is 6.93. The molecule has 0 aliphatic heterocycles. The van der Waals surface area contributed by atoms with Crippen LogP contribution in [0.3, 0.4) is 0 Å². The van der Waals surface area contributed by atoms with E-state index in [9.17, 15) is 8.78 Å². The van der Waals surface area contributed by atoms with E-state index >= 15 is 0 Å². The van der Waals surface area contributed by atoms with Crippen molar-refractivity contribution in [2.75, 3.05) is 0 Å². The van der Waals surface area contributed by atoms with E-state index in [0.717, 1.165) is 11.6 Å². The minimum Gasteiger partial charge on any atom is -0.358 e. The van der Waals surface area contributed by atoms with E-state index in [0.29, 0.717) is 22.6 Å². The second-order valence-electron chi connectivity index (χ2n) is 5.01. The molecule has 4 aromatic rings. The normalized spacial score (nSPS) is 11.0. The van der Waals surface area contributed by atoms with Gasteiger partial charge in [-0.1, -0.05) is 30.3 Å². The predicted octanol–water partition coefficient (Wildman–Crippen LogP) is 3.97. The molecule has 0 aliphatic carbocycles. The average Bonchev–Trinajstić information content (AvgIpc) is 3.00. The molecule has 0 saturated heterocycles. The Morgan fingerprint density at radius 2 is 1.70 bits per heavy atom. The lowest BCUT2D eigenvalue weighted by molar-refractivity contribution is 0.591. The van der Waals surface area contributed by atoms with Gasteiger partial charge in [-0.05, 0) is 6.07 Å². The number of hydrogen-bond donors (Lipinski definition) is 1. The summed E-state index contributed by atoms with van der Waals surface area (Å²) >= 11 is 0. The van der Waals surface area contributed by atoms with Crippen LogP contribution in [0.4, 0.5) is 8.78 Å². The van der Waals surface area contributed by atoms with Gasteiger partial charge >= 0.3 is 0 Å². The van der Waals surface area contributed by atoms with E-state index in [1.54, 1.807) is 6.20 Å². The van der Waals surface area contributed by atoms with Gasteiger partial charge in [-0.15, -0.1) is 0 Å². The number of H-pyrrole nitrogens is 1. The minimum atomic E-state index is -0.649. The molecule has 2 heterocycles. The Kier molecular flexibility index (Phi) is 3.08. The average molecular weight is 308 g/mol. The van der Waals surface area contributed by atoms with Crippen molar-refractivity contribution in [3.05, 3.63) is 66.6 Å². The second kappa shape index (κ2) is 5.24. The molecule has 0 unspecified atom stereocenters. The Hall–Kier alpha value is -3.15. The van der Waals surface area contributed by atoms with Gasteiger partial charge in [0.1, 0.15) is 18.0 Å². The minimum absolute atomic E-state index is 0.225. The number of fused-ring (bicyclic) bond motifs is 1. The maximum absolute atomic E-state index is 13.8. The topological polar surface area (TPSA) is 54.5 Å². The fraction of sp³-hybridized carbons (Fsp3) is 0. The molecule has 2 aromatic heterocycles. The molecule has 2 aromatic carbocycles. The van der Waals surface area contributed by atoms with Crippen LogP contribution in [0.15, 0.2) is 55.0 Å². The van der Waals surface area contributed by atoms with Crippen molar-refractivity contribution in [2.24, 2.45) is 0 Å². The zero-order chi connectivity index (χ0) is 15.8. The van der Waals surface area contributed by atoms with Crippen LogP contribution in [0.25, 0.3) is 33.7 Å². The molecule has 4 rings (SSSR count). The van der Waals surface area contributed by atoms with Gasteiger partial charge in [0.05, 0.1) is 5.52 Å². The van der Waals surface area contributed by atoms with Crippen LogP contribution in [0.1, 0.15) is 0 Å². The van der Waals surface area contributed by atoms with Crippen LogP contribution in [0.5, 0.6) is 0 Å². The molecule has 0 bridgehead atoms. The highest BCUT2D eigenvalue weighted by Gasteiger charge is 2.14. The smallest absolute Gasteiger partial charge is 0.165 e. The summed E-state index contributed by atoms with van der Waals surface area (Å²) in [6, 6.07) is 11.5. The van der Waals surface area contributed by atoms with Gasteiger partial charge < -0.3 is 4.98 Å². The fourth-order valence-electron chi connectivity index (χ4n) is 2.49. The maximum atomic E-state index is 13.8. The first-order valence-electron chi connectivity index (χ1n) is 6.93. The quantitative estimate of drug-likeness (QED) is 0.609. The second-order valence-corrected chi connectivity index (χ2v) is 5.01. The van der Waals surface area contributed by atoms with E-state index in [1.807, 2.05) is 30.3 Å². The highest BCUT2D eigenvalue weighted by molar-refractivity contribution is 5.94. The molecule has 6 heteroatoms. The van der Waals surface area contributed by atoms with Crippen molar-refractivity contribution in [3.8, 4) is 22.8 Å². The molecule has 23 heavy (non-hydrogen) atoms. The lowest BCUT2D eigenvalue weighted by Crippen LogP contribution is -1.94. The lowest BCUT2D eigenvalue weighted by atomic mass is 10.1. The van der Waals surface area contributed by atoms with Gasteiger partial charge in [0, 0.05) is 28.8 Å². The Morgan fingerprint density at radius 3 is 2.52 bits per heavy atom. The molecule has 112 valence electrons. The van der Waals surface area contributed by atoms with Crippen LogP contribution in [0.2, 0.25) is 0 Å². The summed E-state index contributed by atoms with van der Waals surface area (Å²) in [4.78, 5) is 15.5. The van der Waals surface area contributed by atoms with Crippen molar-refractivity contribution in [1.29, 1.82) is 0 Å². The molecular formula is C17H10F2N4. The third kappa shape index (κ3) is 2.34. The highest BCUT2D eigenvalue weighted by atomic mass is 19.1. The van der Waals surface area contributed by atoms with Gasteiger partial charge in [0.2, 0.25) is 0 Å². The first kappa shape index (κ1) is 13.5. The zero-order valence-corrected chi connectivity index (χ0v) is 11.8. The first-order chi connectivity index (χ1) is 11.2. The molecule has 4 nitrogen and oxygen atoms in total. The van der Waals surface area contributed by atoms with Crippen LogP contribution in [0, 0.1) is 11.6 Å². The third-order valence-corrected chi connectivity index (χ3v) is 3.55. The molecule has 0 aliphatic rings. The van der Waals surface area contributed by atoms with Crippen molar-refractivity contribution in [1.82, 2.24) is 19.9 Å². The SMILES string of the molecule is Fc1cc(F)c2[nH]cc(-c3ncnc(-c4ccccc4)n3)c2c1. The van der Waals surface area contributed by atoms with Gasteiger partial charge in [-0.2, -0.15) is 0 Å². The lowest BCUT2D eigenvalue weighted by Gasteiger charge is -2.02. The summed E-state index contributed by atoms with van der Waals surface area (Å²) in [5, 5.41) is 0.396. The number of nitrogens with zero attached hydrogens (tertiary/aromatic N) is 3. The number of rotatable bonds is 2. The van der Waals surface area contributed by atoms with Crippen molar-refractivity contribution >= 4 is 10.9 Å². The summed E-state index contributed by atoms with van der Waals surface area (Å²) < 4.78 is 27.3. The maximum Gasteiger partial charge on any atom is 0.165 e. The van der Waals surface area contributed by atoms with E-state index in [2.05, 4.69) is 19.9 Å². The van der Waals surface area contributed by atoms with E-state index in [-0.39, 0.29) is 5.52 Å². The van der Waals surface area contributed by atoms with Crippen LogP contribution >= 0.6 is 0 Å². The highest BCUT2D eigenvalue weighted by Crippen LogP contribution is 2.29. The predicted molar refractivity (Wildman–Crippen MR) is 82.5 cm³/mol. The van der Waals surface area contributed by atoms with Crippen molar-refractivity contribution in [2.45, 2.75) is 0 Å².